The Morgan fingerprint density at radius 2 is 2.19 bits per heavy atom. The largest absolute Gasteiger partial charge is 0.488 e. The van der Waals surface area contributed by atoms with Gasteiger partial charge in [0, 0.05) is 25.7 Å². The zero-order valence-corrected chi connectivity index (χ0v) is 15.4. The molecule has 1 unspecified atom stereocenters. The van der Waals surface area contributed by atoms with E-state index in [-0.39, 0.29) is 24.1 Å². The normalized spacial score (nSPS) is 23.4. The summed E-state index contributed by atoms with van der Waals surface area (Å²) in [5.41, 5.74) is 0.998. The molecule has 2 aliphatic heterocycles. The Labute approximate surface area is 156 Å². The van der Waals surface area contributed by atoms with E-state index in [1.165, 1.54) is 6.08 Å². The smallest absolute Gasteiger partial charge is 0.259 e. The van der Waals surface area contributed by atoms with Gasteiger partial charge < -0.3 is 14.8 Å². The van der Waals surface area contributed by atoms with Gasteiger partial charge >= 0.3 is 0 Å². The summed E-state index contributed by atoms with van der Waals surface area (Å²) in [5, 5.41) is 3.50. The number of pyridine rings is 1. The van der Waals surface area contributed by atoms with E-state index in [0.717, 1.165) is 18.7 Å². The maximum atomic E-state index is 13.5. The van der Waals surface area contributed by atoms with Crippen molar-refractivity contribution in [1.29, 1.82) is 0 Å². The van der Waals surface area contributed by atoms with Crippen LogP contribution in [-0.4, -0.2) is 36.1 Å². The first-order chi connectivity index (χ1) is 13.0. The third-order valence-electron chi connectivity index (χ3n) is 5.62. The molecule has 3 aliphatic rings. The molecule has 0 radical (unpaired) electrons. The molecule has 1 atom stereocenters. The molecule has 1 aliphatic carbocycles. The number of nitrogens with zero attached hydrogens (tertiary/aromatic N) is 1. The van der Waals surface area contributed by atoms with E-state index in [1.807, 2.05) is 13.0 Å². The minimum atomic E-state index is -1.57. The summed E-state index contributed by atoms with van der Waals surface area (Å²) in [5.74, 6) is 0.476. The molecule has 1 aromatic heterocycles. The quantitative estimate of drug-likeness (QED) is 0.874. The molecule has 0 amide bonds. The van der Waals surface area contributed by atoms with Gasteiger partial charge in [0.2, 0.25) is 0 Å². The van der Waals surface area contributed by atoms with Crippen LogP contribution in [0.5, 0.6) is 5.75 Å². The monoisotopic (exact) mass is 378 g/mol. The van der Waals surface area contributed by atoms with Crippen molar-refractivity contribution in [3.05, 3.63) is 45.5 Å². The van der Waals surface area contributed by atoms with Crippen LogP contribution in [0.2, 0.25) is 0 Å². The Morgan fingerprint density at radius 1 is 1.41 bits per heavy atom. The maximum absolute atomic E-state index is 13.5. The van der Waals surface area contributed by atoms with Gasteiger partial charge in [0.25, 0.3) is 5.56 Å². The molecule has 5 nitrogen and oxygen atoms in total. The van der Waals surface area contributed by atoms with Crippen LogP contribution >= 0.6 is 0 Å². The van der Waals surface area contributed by atoms with E-state index in [1.54, 1.807) is 10.6 Å². The number of hydrogen-bond acceptors (Lipinski definition) is 4. The summed E-state index contributed by atoms with van der Waals surface area (Å²) in [6.45, 7) is 4.02. The third-order valence-corrected chi connectivity index (χ3v) is 5.62. The van der Waals surface area contributed by atoms with Crippen LogP contribution in [0.1, 0.15) is 31.7 Å². The molecule has 1 N–H and O–H groups in total. The fourth-order valence-corrected chi connectivity index (χ4v) is 4.00. The fraction of sp³-hybridized carbons (Fsp3) is 0.550. The fourth-order valence-electron chi connectivity index (χ4n) is 4.00. The van der Waals surface area contributed by atoms with E-state index < -0.39 is 12.0 Å². The summed E-state index contributed by atoms with van der Waals surface area (Å²) in [6.07, 6.45) is 3.51. The van der Waals surface area contributed by atoms with E-state index >= 15 is 0 Å². The number of ether oxygens (including phenoxy) is 2. The second kappa shape index (κ2) is 7.11. The second-order valence-corrected chi connectivity index (χ2v) is 7.44. The number of halogens is 2. The Kier molecular flexibility index (Phi) is 4.80. The lowest BCUT2D eigenvalue weighted by atomic mass is 9.91. The van der Waals surface area contributed by atoms with Crippen molar-refractivity contribution in [1.82, 2.24) is 4.57 Å². The minimum Gasteiger partial charge on any atom is -0.488 e. The first kappa shape index (κ1) is 18.2. The van der Waals surface area contributed by atoms with Crippen LogP contribution in [0.3, 0.4) is 0 Å². The van der Waals surface area contributed by atoms with Crippen LogP contribution in [0.4, 0.5) is 14.6 Å². The molecule has 1 saturated heterocycles. The maximum Gasteiger partial charge on any atom is 0.259 e. The highest BCUT2D eigenvalue weighted by molar-refractivity contribution is 5.51. The SMILES string of the molecule is CCc1c(OCC2=CCC(F)C(F)=C2)cc2n(c1=O)CC1(CCOCC1)N2. The lowest BCUT2D eigenvalue weighted by Crippen LogP contribution is -2.43. The second-order valence-electron chi connectivity index (χ2n) is 7.44. The number of nitrogens with one attached hydrogen (secondary N) is 1. The highest BCUT2D eigenvalue weighted by Gasteiger charge is 2.39. The summed E-state index contributed by atoms with van der Waals surface area (Å²) < 4.78 is 39.8. The summed E-state index contributed by atoms with van der Waals surface area (Å²) in [7, 11) is 0. The summed E-state index contributed by atoms with van der Waals surface area (Å²) >= 11 is 0. The molecular formula is C20H24F2N2O3. The molecule has 1 aromatic rings. The molecule has 0 aromatic carbocycles. The number of fused-ring (bicyclic) bond motifs is 1. The number of alkyl halides is 1. The highest BCUT2D eigenvalue weighted by atomic mass is 19.2. The summed E-state index contributed by atoms with van der Waals surface area (Å²) in [6, 6.07) is 1.85. The van der Waals surface area contributed by atoms with Crippen LogP contribution in [-0.2, 0) is 17.7 Å². The van der Waals surface area contributed by atoms with Crippen LogP contribution in [0.25, 0.3) is 0 Å². The Balaban J connectivity index is 1.57. The molecule has 1 spiro atoms. The average molecular weight is 378 g/mol. The standard InChI is InChI=1S/C20H24F2N2O3/c1-2-14-17(27-11-13-3-4-15(21)16(22)9-13)10-18-23-20(5-7-26-8-6-20)12-24(18)19(14)25/h3,9-10,15,23H,2,4-8,11-12H2,1H3. The molecule has 27 heavy (non-hydrogen) atoms. The van der Waals surface area contributed by atoms with Crippen molar-refractivity contribution in [3.63, 3.8) is 0 Å². The third kappa shape index (κ3) is 3.40. The van der Waals surface area contributed by atoms with Crippen molar-refractivity contribution in [2.45, 2.75) is 50.9 Å². The molecule has 146 valence electrons. The Hall–Kier alpha value is -2.15. The van der Waals surface area contributed by atoms with E-state index in [9.17, 15) is 13.6 Å². The lowest BCUT2D eigenvalue weighted by molar-refractivity contribution is 0.0588. The molecule has 4 rings (SSSR count). The first-order valence-electron chi connectivity index (χ1n) is 9.47. The Bertz CT molecular complexity index is 854. The number of rotatable bonds is 4. The van der Waals surface area contributed by atoms with Gasteiger partial charge in [-0.05, 0) is 30.9 Å². The van der Waals surface area contributed by atoms with Crippen molar-refractivity contribution in [3.8, 4) is 5.75 Å². The highest BCUT2D eigenvalue weighted by Crippen LogP contribution is 2.35. The Morgan fingerprint density at radius 3 is 2.89 bits per heavy atom. The average Bonchev–Trinajstić information content (AvgIpc) is 3.01. The van der Waals surface area contributed by atoms with E-state index in [0.29, 0.717) is 43.1 Å². The minimum absolute atomic E-state index is 0.0145. The predicted octanol–water partition coefficient (Wildman–Crippen LogP) is 3.29. The van der Waals surface area contributed by atoms with Gasteiger partial charge in [-0.3, -0.25) is 9.36 Å². The number of allylic oxidation sites excluding steroid dienone is 2. The van der Waals surface area contributed by atoms with Gasteiger partial charge in [0.1, 0.15) is 24.0 Å². The molecule has 0 bridgehead atoms. The zero-order chi connectivity index (χ0) is 19.0. The predicted molar refractivity (Wildman–Crippen MR) is 98.8 cm³/mol. The van der Waals surface area contributed by atoms with Gasteiger partial charge in [0.05, 0.1) is 17.6 Å². The van der Waals surface area contributed by atoms with Crippen molar-refractivity contribution >= 4 is 5.82 Å². The summed E-state index contributed by atoms with van der Waals surface area (Å²) in [4.78, 5) is 13.0. The molecule has 7 heteroatoms. The van der Waals surface area contributed by atoms with Crippen molar-refractivity contribution in [2.75, 3.05) is 25.1 Å². The van der Waals surface area contributed by atoms with Gasteiger partial charge in [-0.15, -0.1) is 0 Å². The molecule has 3 heterocycles. The van der Waals surface area contributed by atoms with Crippen LogP contribution in [0, 0.1) is 0 Å². The molecule has 0 saturated carbocycles. The van der Waals surface area contributed by atoms with Gasteiger partial charge in [-0.1, -0.05) is 13.0 Å². The van der Waals surface area contributed by atoms with Crippen molar-refractivity contribution in [2.24, 2.45) is 0 Å². The molecular weight excluding hydrogens is 354 g/mol. The molecule has 1 fully saturated rings. The van der Waals surface area contributed by atoms with Gasteiger partial charge in [0.15, 0.2) is 6.17 Å². The first-order valence-corrected chi connectivity index (χ1v) is 9.47. The number of aromatic nitrogens is 1. The zero-order valence-electron chi connectivity index (χ0n) is 15.4. The lowest BCUT2D eigenvalue weighted by Gasteiger charge is -2.33. The van der Waals surface area contributed by atoms with Gasteiger partial charge in [-0.2, -0.15) is 0 Å². The van der Waals surface area contributed by atoms with Crippen molar-refractivity contribution < 1.29 is 18.3 Å². The van der Waals surface area contributed by atoms with Crippen LogP contribution in [0.15, 0.2) is 34.4 Å². The topological polar surface area (TPSA) is 52.5 Å². The van der Waals surface area contributed by atoms with E-state index in [2.05, 4.69) is 5.32 Å². The number of anilines is 1. The van der Waals surface area contributed by atoms with Gasteiger partial charge in [-0.25, -0.2) is 8.78 Å². The van der Waals surface area contributed by atoms with E-state index in [4.69, 9.17) is 9.47 Å². The van der Waals surface area contributed by atoms with Crippen LogP contribution < -0.4 is 15.6 Å². The number of hydrogen-bond donors (Lipinski definition) is 1.